The number of halogens is 4. The molecule has 1 nitrogen and oxygen atoms in total. The van der Waals surface area contributed by atoms with Gasteiger partial charge in [-0.2, -0.15) is 0 Å². The molecule has 0 aliphatic heterocycles. The van der Waals surface area contributed by atoms with Gasteiger partial charge >= 0.3 is 6.36 Å². The molecule has 0 aliphatic carbocycles. The SMILES string of the molecule is FC(F)(F)OCCSc1ccc(CCl)cc1. The van der Waals surface area contributed by atoms with Gasteiger partial charge in [0.15, 0.2) is 0 Å². The Balaban J connectivity index is 2.27. The van der Waals surface area contributed by atoms with Crippen molar-refractivity contribution in [2.75, 3.05) is 12.4 Å². The van der Waals surface area contributed by atoms with Gasteiger partial charge in [0.1, 0.15) is 0 Å². The number of alkyl halides is 4. The number of hydrogen-bond donors (Lipinski definition) is 0. The minimum atomic E-state index is -4.54. The molecule has 1 aromatic carbocycles. The minimum Gasteiger partial charge on any atom is -0.291 e. The fraction of sp³-hybridized carbons (Fsp3) is 0.400. The maximum atomic E-state index is 11.6. The Morgan fingerprint density at radius 1 is 1.19 bits per heavy atom. The molecule has 0 radical (unpaired) electrons. The van der Waals surface area contributed by atoms with E-state index in [4.69, 9.17) is 11.6 Å². The first-order valence-corrected chi connectivity index (χ1v) is 6.01. The van der Waals surface area contributed by atoms with Crippen LogP contribution in [-0.4, -0.2) is 18.7 Å². The lowest BCUT2D eigenvalue weighted by Gasteiger charge is -2.06. The Morgan fingerprint density at radius 2 is 1.81 bits per heavy atom. The van der Waals surface area contributed by atoms with E-state index in [-0.39, 0.29) is 12.4 Å². The van der Waals surface area contributed by atoms with Gasteiger partial charge in [-0.1, -0.05) is 12.1 Å². The molecule has 0 aliphatic rings. The summed E-state index contributed by atoms with van der Waals surface area (Å²) in [6, 6.07) is 7.35. The quantitative estimate of drug-likeness (QED) is 0.453. The fourth-order valence-electron chi connectivity index (χ4n) is 0.992. The zero-order valence-corrected chi connectivity index (χ0v) is 9.83. The second kappa shape index (κ2) is 6.37. The Labute approximate surface area is 101 Å². The summed E-state index contributed by atoms with van der Waals surface area (Å²) in [4.78, 5) is 0.902. The van der Waals surface area contributed by atoms with Crippen molar-refractivity contribution in [3.05, 3.63) is 29.8 Å². The second-order valence-electron chi connectivity index (χ2n) is 2.92. The van der Waals surface area contributed by atoms with Crippen molar-refractivity contribution in [1.29, 1.82) is 0 Å². The van der Waals surface area contributed by atoms with Crippen LogP contribution in [0.15, 0.2) is 29.2 Å². The summed E-state index contributed by atoms with van der Waals surface area (Å²) in [6.07, 6.45) is -4.54. The molecule has 0 aromatic heterocycles. The van der Waals surface area contributed by atoms with E-state index in [1.165, 1.54) is 11.8 Å². The largest absolute Gasteiger partial charge is 0.522 e. The first-order chi connectivity index (χ1) is 7.51. The monoisotopic (exact) mass is 270 g/mol. The summed E-state index contributed by atoms with van der Waals surface area (Å²) in [5, 5.41) is 0. The van der Waals surface area contributed by atoms with Crippen molar-refractivity contribution in [1.82, 2.24) is 0 Å². The van der Waals surface area contributed by atoms with Crippen LogP contribution < -0.4 is 0 Å². The Morgan fingerprint density at radius 3 is 2.31 bits per heavy atom. The molecule has 0 fully saturated rings. The van der Waals surface area contributed by atoms with Gasteiger partial charge in [-0.15, -0.1) is 36.5 Å². The van der Waals surface area contributed by atoms with E-state index in [1.54, 1.807) is 0 Å². The average molecular weight is 271 g/mol. The normalized spacial score (nSPS) is 11.8. The van der Waals surface area contributed by atoms with Gasteiger partial charge < -0.3 is 0 Å². The molecule has 0 heterocycles. The minimum absolute atomic E-state index is 0.264. The van der Waals surface area contributed by atoms with Crippen LogP contribution >= 0.6 is 23.4 Å². The van der Waals surface area contributed by atoms with Crippen molar-refractivity contribution in [3.8, 4) is 0 Å². The summed E-state index contributed by atoms with van der Waals surface area (Å²) in [6.45, 7) is -0.342. The molecule has 16 heavy (non-hydrogen) atoms. The molecule has 90 valence electrons. The van der Waals surface area contributed by atoms with Crippen molar-refractivity contribution >= 4 is 23.4 Å². The lowest BCUT2D eigenvalue weighted by atomic mass is 10.2. The van der Waals surface area contributed by atoms with Crippen LogP contribution in [0.1, 0.15) is 5.56 Å². The summed E-state index contributed by atoms with van der Waals surface area (Å²) in [5.74, 6) is 0.696. The molecule has 0 N–H and O–H groups in total. The van der Waals surface area contributed by atoms with Crippen LogP contribution in [0.4, 0.5) is 13.2 Å². The smallest absolute Gasteiger partial charge is 0.291 e. The third kappa shape index (κ3) is 5.63. The van der Waals surface area contributed by atoms with Crippen LogP contribution in [0.3, 0.4) is 0 Å². The third-order valence-corrected chi connectivity index (χ3v) is 2.98. The first kappa shape index (κ1) is 13.7. The van der Waals surface area contributed by atoms with Crippen molar-refractivity contribution < 1.29 is 17.9 Å². The van der Waals surface area contributed by atoms with E-state index in [0.29, 0.717) is 5.88 Å². The predicted molar refractivity (Wildman–Crippen MR) is 58.7 cm³/mol. The van der Waals surface area contributed by atoms with Crippen molar-refractivity contribution in [2.45, 2.75) is 17.1 Å². The number of ether oxygens (including phenoxy) is 1. The van der Waals surface area contributed by atoms with Gasteiger partial charge in [0.05, 0.1) is 6.61 Å². The van der Waals surface area contributed by atoms with E-state index in [9.17, 15) is 13.2 Å². The molecule has 1 aromatic rings. The van der Waals surface area contributed by atoms with E-state index in [1.807, 2.05) is 24.3 Å². The summed E-state index contributed by atoms with van der Waals surface area (Å²) in [7, 11) is 0. The van der Waals surface area contributed by atoms with Gasteiger partial charge in [0.2, 0.25) is 0 Å². The highest BCUT2D eigenvalue weighted by Crippen LogP contribution is 2.21. The van der Waals surface area contributed by atoms with Gasteiger partial charge in [-0.3, -0.25) is 4.74 Å². The molecule has 0 saturated carbocycles. The molecule has 0 spiro atoms. The third-order valence-electron chi connectivity index (χ3n) is 1.70. The molecule has 0 amide bonds. The fourth-order valence-corrected chi connectivity index (χ4v) is 1.90. The summed E-state index contributed by atoms with van der Waals surface area (Å²) < 4.78 is 38.6. The van der Waals surface area contributed by atoms with Gasteiger partial charge in [0.25, 0.3) is 0 Å². The van der Waals surface area contributed by atoms with Crippen molar-refractivity contribution in [3.63, 3.8) is 0 Å². The van der Waals surface area contributed by atoms with Gasteiger partial charge in [-0.25, -0.2) is 0 Å². The van der Waals surface area contributed by atoms with Crippen LogP contribution in [-0.2, 0) is 10.6 Å². The predicted octanol–water partition coefficient (Wildman–Crippen LogP) is 4.05. The van der Waals surface area contributed by atoms with Gasteiger partial charge in [0, 0.05) is 16.5 Å². The highest BCUT2D eigenvalue weighted by molar-refractivity contribution is 7.99. The zero-order valence-electron chi connectivity index (χ0n) is 8.26. The van der Waals surface area contributed by atoms with E-state index in [0.717, 1.165) is 10.5 Å². The van der Waals surface area contributed by atoms with E-state index < -0.39 is 6.36 Å². The highest BCUT2D eigenvalue weighted by atomic mass is 35.5. The molecule has 0 unspecified atom stereocenters. The van der Waals surface area contributed by atoms with Crippen LogP contribution in [0, 0.1) is 0 Å². The number of hydrogen-bond acceptors (Lipinski definition) is 2. The number of benzene rings is 1. The van der Waals surface area contributed by atoms with E-state index in [2.05, 4.69) is 4.74 Å². The van der Waals surface area contributed by atoms with Crippen LogP contribution in [0.25, 0.3) is 0 Å². The standard InChI is InChI=1S/C10H10ClF3OS/c11-7-8-1-3-9(4-2-8)16-6-5-15-10(12,13)14/h1-4H,5-7H2. The Kier molecular flexibility index (Phi) is 5.44. The zero-order chi connectivity index (χ0) is 12.0. The lowest BCUT2D eigenvalue weighted by Crippen LogP contribution is -2.15. The highest BCUT2D eigenvalue weighted by Gasteiger charge is 2.28. The maximum absolute atomic E-state index is 11.6. The summed E-state index contributed by atoms with van der Waals surface area (Å²) in [5.41, 5.74) is 0.984. The number of rotatable bonds is 5. The maximum Gasteiger partial charge on any atom is 0.522 e. The number of thioether (sulfide) groups is 1. The topological polar surface area (TPSA) is 9.23 Å². The lowest BCUT2D eigenvalue weighted by molar-refractivity contribution is -0.322. The molecule has 0 atom stereocenters. The van der Waals surface area contributed by atoms with Gasteiger partial charge in [-0.05, 0) is 17.7 Å². The molecule has 0 bridgehead atoms. The van der Waals surface area contributed by atoms with Crippen LogP contribution in [0.2, 0.25) is 0 Å². The molecular formula is C10H10ClF3OS. The molecule has 6 heteroatoms. The van der Waals surface area contributed by atoms with E-state index >= 15 is 0 Å². The molecular weight excluding hydrogens is 261 g/mol. The first-order valence-electron chi connectivity index (χ1n) is 4.49. The van der Waals surface area contributed by atoms with Crippen molar-refractivity contribution in [2.24, 2.45) is 0 Å². The van der Waals surface area contributed by atoms with Crippen LogP contribution in [0.5, 0.6) is 0 Å². The molecule has 1 rings (SSSR count). The Hall–Kier alpha value is -0.390. The molecule has 0 saturated heterocycles. The summed E-state index contributed by atoms with van der Waals surface area (Å²) >= 11 is 6.92. The Bertz CT molecular complexity index is 313. The average Bonchev–Trinajstić information content (AvgIpc) is 2.24. The second-order valence-corrected chi connectivity index (χ2v) is 4.36.